The molecule has 7 heteroatoms. The number of thioether (sulfide) groups is 1. The number of ether oxygens (including phenoxy) is 1. The van der Waals surface area contributed by atoms with Gasteiger partial charge in [0.2, 0.25) is 5.82 Å². The number of hydrogen-bond acceptors (Lipinski definition) is 7. The predicted octanol–water partition coefficient (Wildman–Crippen LogP) is 1.95. The van der Waals surface area contributed by atoms with Crippen LogP contribution in [-0.4, -0.2) is 38.5 Å². The lowest BCUT2D eigenvalue weighted by Crippen LogP contribution is -2.16. The summed E-state index contributed by atoms with van der Waals surface area (Å²) in [5, 5.41) is 22.6. The third-order valence-corrected chi connectivity index (χ3v) is 3.76. The Morgan fingerprint density at radius 2 is 2.16 bits per heavy atom. The number of hydrogen-bond donors (Lipinski definition) is 2. The third kappa shape index (κ3) is 2.52. The van der Waals surface area contributed by atoms with E-state index >= 15 is 0 Å². The van der Waals surface area contributed by atoms with Crippen LogP contribution in [0.15, 0.2) is 22.7 Å². The van der Waals surface area contributed by atoms with Crippen LogP contribution < -0.4 is 0 Å². The van der Waals surface area contributed by atoms with E-state index in [9.17, 15) is 10.2 Å². The number of benzene rings is 1. The van der Waals surface area contributed by atoms with Crippen molar-refractivity contribution < 1.29 is 19.5 Å². The first kappa shape index (κ1) is 12.3. The first-order valence-corrected chi connectivity index (χ1v) is 6.95. The Bertz CT molecular complexity index is 581. The zero-order valence-corrected chi connectivity index (χ0v) is 10.8. The highest BCUT2D eigenvalue weighted by molar-refractivity contribution is 7.99. The van der Waals surface area contributed by atoms with Gasteiger partial charge < -0.3 is 19.5 Å². The van der Waals surface area contributed by atoms with Crippen LogP contribution in [0.5, 0.6) is 11.5 Å². The lowest BCUT2D eigenvalue weighted by atomic mass is 10.2. The Morgan fingerprint density at radius 1 is 1.26 bits per heavy atom. The summed E-state index contributed by atoms with van der Waals surface area (Å²) >= 11 is 1.79. The van der Waals surface area contributed by atoms with E-state index in [2.05, 4.69) is 10.1 Å². The summed E-state index contributed by atoms with van der Waals surface area (Å²) in [6.45, 7) is 0.680. The zero-order chi connectivity index (χ0) is 13.2. The molecule has 1 unspecified atom stereocenters. The molecule has 1 aromatic heterocycles. The molecule has 0 amide bonds. The van der Waals surface area contributed by atoms with E-state index in [1.165, 1.54) is 12.1 Å². The second-order valence-corrected chi connectivity index (χ2v) is 5.25. The summed E-state index contributed by atoms with van der Waals surface area (Å²) in [6.07, 6.45) is -0.151. The number of phenolic OH excluding ortho intramolecular Hbond substituents is 2. The number of aromatic hydroxyl groups is 2. The molecule has 100 valence electrons. The normalized spacial score (nSPS) is 19.5. The van der Waals surface area contributed by atoms with E-state index in [0.717, 1.165) is 11.5 Å². The van der Waals surface area contributed by atoms with Gasteiger partial charge in [-0.2, -0.15) is 16.7 Å². The minimum Gasteiger partial charge on any atom is -0.504 e. The first-order valence-electron chi connectivity index (χ1n) is 5.79. The van der Waals surface area contributed by atoms with Crippen molar-refractivity contribution in [2.24, 2.45) is 0 Å². The number of rotatable bonds is 2. The van der Waals surface area contributed by atoms with E-state index in [-0.39, 0.29) is 17.6 Å². The largest absolute Gasteiger partial charge is 0.504 e. The fourth-order valence-electron chi connectivity index (χ4n) is 1.78. The molecule has 0 aliphatic carbocycles. The summed E-state index contributed by atoms with van der Waals surface area (Å²) in [4.78, 5) is 4.27. The number of aromatic nitrogens is 2. The molecule has 0 saturated carbocycles. The maximum absolute atomic E-state index is 9.45. The molecular weight excluding hydrogens is 268 g/mol. The molecule has 1 saturated heterocycles. The second kappa shape index (κ2) is 5.10. The maximum Gasteiger partial charge on any atom is 0.258 e. The van der Waals surface area contributed by atoms with Crippen LogP contribution >= 0.6 is 11.8 Å². The van der Waals surface area contributed by atoms with Gasteiger partial charge >= 0.3 is 0 Å². The highest BCUT2D eigenvalue weighted by atomic mass is 32.2. The Labute approximate surface area is 113 Å². The first-order chi connectivity index (χ1) is 9.24. The van der Waals surface area contributed by atoms with Gasteiger partial charge in [0.1, 0.15) is 6.10 Å². The molecule has 3 rings (SSSR count). The minimum absolute atomic E-state index is 0.151. The van der Waals surface area contributed by atoms with Crippen LogP contribution in [0.4, 0.5) is 0 Å². The monoisotopic (exact) mass is 280 g/mol. The highest BCUT2D eigenvalue weighted by Gasteiger charge is 2.22. The minimum atomic E-state index is -0.221. The second-order valence-electron chi connectivity index (χ2n) is 4.10. The Balaban J connectivity index is 1.85. The predicted molar refractivity (Wildman–Crippen MR) is 69.1 cm³/mol. The van der Waals surface area contributed by atoms with Gasteiger partial charge in [0, 0.05) is 17.1 Å². The maximum atomic E-state index is 9.45. The Morgan fingerprint density at radius 3 is 2.89 bits per heavy atom. The van der Waals surface area contributed by atoms with Gasteiger partial charge in [-0.1, -0.05) is 5.16 Å². The highest BCUT2D eigenvalue weighted by Crippen LogP contribution is 2.31. The Hall–Kier alpha value is -1.73. The fraction of sp³-hybridized carbons (Fsp3) is 0.333. The van der Waals surface area contributed by atoms with E-state index in [1.54, 1.807) is 17.8 Å². The molecule has 0 spiro atoms. The number of nitrogens with zero attached hydrogens (tertiary/aromatic N) is 2. The molecule has 2 aromatic rings. The molecule has 2 N–H and O–H groups in total. The van der Waals surface area contributed by atoms with Crippen molar-refractivity contribution in [3.05, 3.63) is 24.0 Å². The van der Waals surface area contributed by atoms with Crippen molar-refractivity contribution in [2.75, 3.05) is 18.1 Å². The van der Waals surface area contributed by atoms with Crippen molar-refractivity contribution >= 4 is 11.8 Å². The molecular formula is C12H12N2O4S. The van der Waals surface area contributed by atoms with Crippen molar-refractivity contribution in [3.8, 4) is 23.0 Å². The molecule has 1 atom stereocenters. The molecule has 6 nitrogen and oxygen atoms in total. The van der Waals surface area contributed by atoms with Crippen molar-refractivity contribution in [1.82, 2.24) is 10.1 Å². The van der Waals surface area contributed by atoms with Crippen LogP contribution in [0.2, 0.25) is 0 Å². The molecule has 0 radical (unpaired) electrons. The van der Waals surface area contributed by atoms with Gasteiger partial charge in [0.15, 0.2) is 11.5 Å². The van der Waals surface area contributed by atoms with Gasteiger partial charge in [-0.05, 0) is 18.2 Å². The van der Waals surface area contributed by atoms with Crippen molar-refractivity contribution in [2.45, 2.75) is 6.10 Å². The van der Waals surface area contributed by atoms with Crippen molar-refractivity contribution in [1.29, 1.82) is 0 Å². The lowest BCUT2D eigenvalue weighted by molar-refractivity contribution is 0.0677. The summed E-state index contributed by atoms with van der Waals surface area (Å²) < 4.78 is 10.7. The van der Waals surface area contributed by atoms with Crippen LogP contribution in [0, 0.1) is 0 Å². The van der Waals surface area contributed by atoms with Crippen LogP contribution in [0.3, 0.4) is 0 Å². The molecule has 1 aliphatic rings. The van der Waals surface area contributed by atoms with E-state index < -0.39 is 0 Å². The molecule has 1 aliphatic heterocycles. The zero-order valence-electron chi connectivity index (χ0n) is 9.94. The van der Waals surface area contributed by atoms with Gasteiger partial charge in [0.05, 0.1) is 6.61 Å². The van der Waals surface area contributed by atoms with Crippen LogP contribution in [-0.2, 0) is 4.74 Å². The van der Waals surface area contributed by atoms with Crippen LogP contribution in [0.25, 0.3) is 11.5 Å². The van der Waals surface area contributed by atoms with Gasteiger partial charge in [0.25, 0.3) is 5.89 Å². The summed E-state index contributed by atoms with van der Waals surface area (Å²) in [7, 11) is 0. The van der Waals surface area contributed by atoms with Crippen molar-refractivity contribution in [3.63, 3.8) is 0 Å². The number of phenols is 2. The molecule has 0 bridgehead atoms. The fourth-order valence-corrected chi connectivity index (χ4v) is 2.62. The summed E-state index contributed by atoms with van der Waals surface area (Å²) in [6, 6.07) is 4.35. The quantitative estimate of drug-likeness (QED) is 0.813. The van der Waals surface area contributed by atoms with Gasteiger partial charge in [-0.3, -0.25) is 0 Å². The summed E-state index contributed by atoms with van der Waals surface area (Å²) in [5.74, 6) is 2.18. The average Bonchev–Trinajstić information content (AvgIpc) is 2.93. The summed E-state index contributed by atoms with van der Waals surface area (Å²) in [5.41, 5.74) is 0.553. The topological polar surface area (TPSA) is 88.6 Å². The molecule has 1 aromatic carbocycles. The van der Waals surface area contributed by atoms with E-state index in [4.69, 9.17) is 9.26 Å². The lowest BCUT2D eigenvalue weighted by Gasteiger charge is -2.18. The van der Waals surface area contributed by atoms with Gasteiger partial charge in [-0.15, -0.1) is 0 Å². The SMILES string of the molecule is Oc1ccc(-c2nc(C3CSCCO3)no2)cc1O. The molecule has 19 heavy (non-hydrogen) atoms. The standard InChI is InChI=1S/C12H12N2O4S/c15-8-2-1-7(5-9(8)16)12-13-11(14-18-12)10-6-19-4-3-17-10/h1-2,5,10,15-16H,3-4,6H2. The Kier molecular flexibility index (Phi) is 3.31. The van der Waals surface area contributed by atoms with E-state index in [0.29, 0.717) is 23.9 Å². The smallest absolute Gasteiger partial charge is 0.258 e. The van der Waals surface area contributed by atoms with Crippen LogP contribution in [0.1, 0.15) is 11.9 Å². The third-order valence-electron chi connectivity index (χ3n) is 2.77. The van der Waals surface area contributed by atoms with E-state index in [1.807, 2.05) is 0 Å². The molecule has 1 fully saturated rings. The average molecular weight is 280 g/mol. The van der Waals surface area contributed by atoms with Gasteiger partial charge in [-0.25, -0.2) is 0 Å². The molecule has 2 heterocycles.